The van der Waals surface area contributed by atoms with Crippen LogP contribution in [-0.2, 0) is 0 Å². The number of para-hydroxylation sites is 1. The molecule has 0 saturated carbocycles. The van der Waals surface area contributed by atoms with Crippen molar-refractivity contribution >= 4 is 11.4 Å². The van der Waals surface area contributed by atoms with Gasteiger partial charge in [-0.1, -0.05) is 103 Å². The summed E-state index contributed by atoms with van der Waals surface area (Å²) in [7, 11) is 1.70. The average molecular weight is 448 g/mol. The molecule has 0 atom stereocenters. The van der Waals surface area contributed by atoms with Crippen molar-refractivity contribution in [3.63, 3.8) is 0 Å². The van der Waals surface area contributed by atoms with Crippen LogP contribution in [0.25, 0.3) is 33.4 Å². The summed E-state index contributed by atoms with van der Waals surface area (Å²) in [5.41, 5.74) is 6.26. The maximum Gasteiger partial charge on any atom is 0.147 e. The number of hydrogen-bond acceptors (Lipinski definition) is 1. The quantitative estimate of drug-likeness (QED) is 0.260. The largest absolute Gasteiger partial charge is 0.339 e. The molecule has 0 radical (unpaired) electrons. The van der Waals surface area contributed by atoms with Gasteiger partial charge in [0.25, 0.3) is 0 Å². The second-order valence-electron chi connectivity index (χ2n) is 8.14. The van der Waals surface area contributed by atoms with E-state index in [0.29, 0.717) is 11.4 Å². The van der Waals surface area contributed by atoms with E-state index in [-0.39, 0.29) is 0 Å². The molecule has 3 heteroatoms. The molecule has 0 aromatic heterocycles. The van der Waals surface area contributed by atoms with E-state index in [1.165, 1.54) is 12.1 Å². The third-order valence-electron chi connectivity index (χ3n) is 6.04. The van der Waals surface area contributed by atoms with Gasteiger partial charge < -0.3 is 4.90 Å². The summed E-state index contributed by atoms with van der Waals surface area (Å²) in [4.78, 5) is 1.59. The normalized spacial score (nSPS) is 10.8. The first-order valence-corrected chi connectivity index (χ1v) is 11.2. The van der Waals surface area contributed by atoms with Crippen LogP contribution in [0.15, 0.2) is 121 Å². The molecule has 34 heavy (non-hydrogen) atoms. The summed E-state index contributed by atoms with van der Waals surface area (Å²) in [6.07, 6.45) is 0. The van der Waals surface area contributed by atoms with Gasteiger partial charge in [0.1, 0.15) is 11.6 Å². The number of nitrogens with zero attached hydrogens (tertiary/aromatic N) is 1. The van der Waals surface area contributed by atoms with Gasteiger partial charge in [0.2, 0.25) is 0 Å². The minimum absolute atomic E-state index is 0.314. The van der Waals surface area contributed by atoms with Crippen LogP contribution in [0.5, 0.6) is 0 Å². The highest BCUT2D eigenvalue weighted by Gasteiger charge is 2.22. The molecule has 5 rings (SSSR count). The lowest BCUT2D eigenvalue weighted by Crippen LogP contribution is -2.14. The van der Waals surface area contributed by atoms with E-state index in [0.717, 1.165) is 33.4 Å². The molecular formula is C31H23F2N. The minimum atomic E-state index is -0.410. The Balaban J connectivity index is 1.72. The van der Waals surface area contributed by atoms with Crippen LogP contribution in [0.4, 0.5) is 20.2 Å². The highest BCUT2D eigenvalue weighted by Crippen LogP contribution is 2.43. The van der Waals surface area contributed by atoms with Crippen molar-refractivity contribution in [3.05, 3.63) is 133 Å². The molecule has 0 bridgehead atoms. The molecule has 166 valence electrons. The first-order chi connectivity index (χ1) is 16.6. The maximum absolute atomic E-state index is 15.5. The van der Waals surface area contributed by atoms with Gasteiger partial charge in [-0.05, 0) is 46.0 Å². The van der Waals surface area contributed by atoms with Crippen molar-refractivity contribution in [3.8, 4) is 33.4 Å². The molecule has 0 aliphatic carbocycles. The van der Waals surface area contributed by atoms with E-state index in [9.17, 15) is 4.39 Å². The van der Waals surface area contributed by atoms with Crippen LogP contribution in [0.1, 0.15) is 0 Å². The Labute approximate surface area is 198 Å². The summed E-state index contributed by atoms with van der Waals surface area (Å²) in [5, 5.41) is 0. The third-order valence-corrected chi connectivity index (χ3v) is 6.04. The fourth-order valence-electron chi connectivity index (χ4n) is 4.35. The van der Waals surface area contributed by atoms with Crippen molar-refractivity contribution in [1.29, 1.82) is 0 Å². The van der Waals surface area contributed by atoms with Crippen LogP contribution in [0.3, 0.4) is 0 Å². The van der Waals surface area contributed by atoms with Gasteiger partial charge >= 0.3 is 0 Å². The zero-order chi connectivity index (χ0) is 23.5. The van der Waals surface area contributed by atoms with Gasteiger partial charge in [0.05, 0.1) is 11.4 Å². The number of benzene rings is 5. The topological polar surface area (TPSA) is 3.24 Å². The minimum Gasteiger partial charge on any atom is -0.339 e. The van der Waals surface area contributed by atoms with E-state index in [2.05, 4.69) is 12.1 Å². The average Bonchev–Trinajstić information content (AvgIpc) is 2.89. The lowest BCUT2D eigenvalue weighted by molar-refractivity contribution is 0.618. The lowest BCUT2D eigenvalue weighted by atomic mass is 9.91. The third kappa shape index (κ3) is 4.08. The van der Waals surface area contributed by atoms with Gasteiger partial charge in [0.15, 0.2) is 0 Å². The van der Waals surface area contributed by atoms with E-state index in [1.807, 2.05) is 72.8 Å². The fourth-order valence-corrected chi connectivity index (χ4v) is 4.35. The molecule has 0 heterocycles. The van der Waals surface area contributed by atoms with Crippen LogP contribution in [-0.4, -0.2) is 7.05 Å². The molecule has 0 unspecified atom stereocenters. The van der Waals surface area contributed by atoms with Gasteiger partial charge in [-0.15, -0.1) is 0 Å². The molecule has 0 N–H and O–H groups in total. The molecular weight excluding hydrogens is 424 g/mol. The van der Waals surface area contributed by atoms with Crippen molar-refractivity contribution in [2.45, 2.75) is 0 Å². The predicted octanol–water partition coefficient (Wildman–Crippen LogP) is 8.73. The molecule has 0 aliphatic rings. The second kappa shape index (κ2) is 9.32. The Morgan fingerprint density at radius 3 is 1.65 bits per heavy atom. The Kier molecular flexibility index (Phi) is 5.92. The highest BCUT2D eigenvalue weighted by atomic mass is 19.1. The molecule has 1 nitrogen and oxygen atoms in total. The Hall–Kier alpha value is -4.24. The lowest BCUT2D eigenvalue weighted by Gasteiger charge is -2.26. The summed E-state index contributed by atoms with van der Waals surface area (Å²) >= 11 is 0. The molecule has 0 saturated heterocycles. The zero-order valence-electron chi connectivity index (χ0n) is 18.8. The molecule has 5 aromatic carbocycles. The molecule has 0 fully saturated rings. The second-order valence-corrected chi connectivity index (χ2v) is 8.14. The number of anilines is 2. The summed E-state index contributed by atoms with van der Waals surface area (Å²) in [5.74, 6) is -0.813. The monoisotopic (exact) mass is 447 g/mol. The van der Waals surface area contributed by atoms with Crippen molar-refractivity contribution in [1.82, 2.24) is 0 Å². The van der Waals surface area contributed by atoms with Crippen LogP contribution in [0, 0.1) is 11.6 Å². The Bertz CT molecular complexity index is 1410. The van der Waals surface area contributed by atoms with E-state index < -0.39 is 11.6 Å². The molecule has 0 amide bonds. The predicted molar refractivity (Wildman–Crippen MR) is 137 cm³/mol. The Morgan fingerprint density at radius 2 is 1.00 bits per heavy atom. The van der Waals surface area contributed by atoms with Gasteiger partial charge in [-0.25, -0.2) is 8.78 Å². The summed E-state index contributed by atoms with van der Waals surface area (Å²) in [6.45, 7) is 0. The zero-order valence-corrected chi connectivity index (χ0v) is 18.8. The van der Waals surface area contributed by atoms with E-state index in [4.69, 9.17) is 0 Å². The van der Waals surface area contributed by atoms with Crippen molar-refractivity contribution in [2.24, 2.45) is 0 Å². The number of halogens is 2. The smallest absolute Gasteiger partial charge is 0.147 e. The van der Waals surface area contributed by atoms with Crippen molar-refractivity contribution in [2.75, 3.05) is 11.9 Å². The molecule has 5 aromatic rings. The van der Waals surface area contributed by atoms with E-state index in [1.54, 1.807) is 36.2 Å². The van der Waals surface area contributed by atoms with Crippen LogP contribution < -0.4 is 4.90 Å². The molecule has 0 aliphatic heterocycles. The Morgan fingerprint density at radius 1 is 0.471 bits per heavy atom. The van der Waals surface area contributed by atoms with Gasteiger partial charge in [-0.3, -0.25) is 0 Å². The first kappa shape index (κ1) is 21.6. The molecule has 0 spiro atoms. The standard InChI is InChI=1S/C31H23F2N/c1-34(29-15-9-8-14-27(29)32)31-28(33)21-20-26(24-12-6-3-7-13-24)30(31)25-18-16-23(17-19-25)22-10-4-2-5-11-22/h2-21H,1H3. The summed E-state index contributed by atoms with van der Waals surface area (Å²) in [6, 6.07) is 37.8. The van der Waals surface area contributed by atoms with Gasteiger partial charge in [-0.2, -0.15) is 0 Å². The van der Waals surface area contributed by atoms with E-state index >= 15 is 4.39 Å². The van der Waals surface area contributed by atoms with Gasteiger partial charge in [0, 0.05) is 12.6 Å². The maximum atomic E-state index is 15.5. The number of hydrogen-bond donors (Lipinski definition) is 0. The SMILES string of the molecule is CN(c1ccccc1F)c1c(F)ccc(-c2ccccc2)c1-c1ccc(-c2ccccc2)cc1. The van der Waals surface area contributed by atoms with Crippen LogP contribution >= 0.6 is 0 Å². The van der Waals surface area contributed by atoms with Crippen LogP contribution in [0.2, 0.25) is 0 Å². The summed E-state index contributed by atoms with van der Waals surface area (Å²) < 4.78 is 30.2. The van der Waals surface area contributed by atoms with Crippen molar-refractivity contribution < 1.29 is 8.78 Å². The highest BCUT2D eigenvalue weighted by molar-refractivity contribution is 5.94. The first-order valence-electron chi connectivity index (χ1n) is 11.2. The number of rotatable bonds is 5. The fraction of sp³-hybridized carbons (Fsp3) is 0.0323.